The summed E-state index contributed by atoms with van der Waals surface area (Å²) in [5, 5.41) is 4.72. The Morgan fingerprint density at radius 2 is 1.70 bits per heavy atom. The quantitative estimate of drug-likeness (QED) is 0.599. The highest BCUT2D eigenvalue weighted by Gasteiger charge is 2.15. The minimum Gasteiger partial charge on any atom is -0.459 e. The monoisotopic (exact) mass is 307 g/mol. The van der Waals surface area contributed by atoms with E-state index in [1.54, 1.807) is 0 Å². The standard InChI is InChI=1S/C21H25NO/c1-4-5-12-22-14-20-21(17-9-6-15(2)7-10-17)18-13-16(3)8-11-19(18)23-20/h6-11,13,22H,4-5,12,14H2,1-3H3. The molecular weight excluding hydrogens is 282 g/mol. The van der Waals surface area contributed by atoms with Gasteiger partial charge < -0.3 is 9.73 Å². The Balaban J connectivity index is 2.03. The van der Waals surface area contributed by atoms with E-state index < -0.39 is 0 Å². The first kappa shape index (κ1) is 15.8. The van der Waals surface area contributed by atoms with Gasteiger partial charge >= 0.3 is 0 Å². The number of aryl methyl sites for hydroxylation is 2. The van der Waals surface area contributed by atoms with E-state index in [9.17, 15) is 0 Å². The van der Waals surface area contributed by atoms with Gasteiger partial charge in [0.2, 0.25) is 0 Å². The number of benzene rings is 2. The van der Waals surface area contributed by atoms with Crippen molar-refractivity contribution in [2.75, 3.05) is 6.54 Å². The van der Waals surface area contributed by atoms with Crippen LogP contribution in [0.3, 0.4) is 0 Å². The van der Waals surface area contributed by atoms with Gasteiger partial charge in [-0.15, -0.1) is 0 Å². The molecule has 0 spiro atoms. The third-order valence-corrected chi connectivity index (χ3v) is 4.25. The van der Waals surface area contributed by atoms with Crippen molar-refractivity contribution in [3.05, 3.63) is 59.4 Å². The second-order valence-corrected chi connectivity index (χ2v) is 6.30. The van der Waals surface area contributed by atoms with Crippen molar-refractivity contribution >= 4 is 11.0 Å². The average Bonchev–Trinajstić information content (AvgIpc) is 2.90. The number of hydrogen-bond acceptors (Lipinski definition) is 2. The Bertz CT molecular complexity index is 783. The summed E-state index contributed by atoms with van der Waals surface area (Å²) in [5.41, 5.74) is 5.97. The molecule has 1 N–H and O–H groups in total. The highest BCUT2D eigenvalue weighted by atomic mass is 16.3. The number of fused-ring (bicyclic) bond motifs is 1. The van der Waals surface area contributed by atoms with Gasteiger partial charge in [0, 0.05) is 10.9 Å². The summed E-state index contributed by atoms with van der Waals surface area (Å²) in [6, 6.07) is 15.1. The largest absolute Gasteiger partial charge is 0.459 e. The summed E-state index contributed by atoms with van der Waals surface area (Å²) < 4.78 is 6.16. The molecule has 1 heterocycles. The van der Waals surface area contributed by atoms with Crippen molar-refractivity contribution in [3.63, 3.8) is 0 Å². The van der Waals surface area contributed by atoms with Gasteiger partial charge in [0.05, 0.1) is 6.54 Å². The molecule has 0 saturated heterocycles. The zero-order valence-electron chi connectivity index (χ0n) is 14.3. The summed E-state index contributed by atoms with van der Waals surface area (Å²) in [7, 11) is 0. The van der Waals surface area contributed by atoms with E-state index in [0.29, 0.717) is 0 Å². The predicted molar refractivity (Wildman–Crippen MR) is 97.7 cm³/mol. The van der Waals surface area contributed by atoms with Crippen molar-refractivity contribution in [3.8, 4) is 11.1 Å². The van der Waals surface area contributed by atoms with Crippen LogP contribution in [0, 0.1) is 13.8 Å². The number of unbranched alkanes of at least 4 members (excludes halogenated alkanes) is 1. The van der Waals surface area contributed by atoms with Crippen molar-refractivity contribution in [2.45, 2.75) is 40.2 Å². The molecule has 0 atom stereocenters. The lowest BCUT2D eigenvalue weighted by atomic mass is 9.99. The Kier molecular flexibility index (Phi) is 4.82. The SMILES string of the molecule is CCCCNCc1oc2ccc(C)cc2c1-c1ccc(C)cc1. The van der Waals surface area contributed by atoms with E-state index in [-0.39, 0.29) is 0 Å². The number of rotatable bonds is 6. The van der Waals surface area contributed by atoms with Gasteiger partial charge in [-0.25, -0.2) is 0 Å². The van der Waals surface area contributed by atoms with E-state index in [1.807, 2.05) is 0 Å². The lowest BCUT2D eigenvalue weighted by Crippen LogP contribution is -2.14. The Hall–Kier alpha value is -2.06. The zero-order chi connectivity index (χ0) is 16.2. The molecule has 2 aromatic carbocycles. The van der Waals surface area contributed by atoms with Gasteiger partial charge in [0.15, 0.2) is 0 Å². The number of hydrogen-bond donors (Lipinski definition) is 1. The minimum absolute atomic E-state index is 0.775. The van der Waals surface area contributed by atoms with Gasteiger partial charge in [0.25, 0.3) is 0 Å². The molecule has 0 fully saturated rings. The van der Waals surface area contributed by atoms with Gasteiger partial charge in [-0.2, -0.15) is 0 Å². The van der Waals surface area contributed by atoms with Crippen LogP contribution in [0.2, 0.25) is 0 Å². The second-order valence-electron chi connectivity index (χ2n) is 6.30. The highest BCUT2D eigenvalue weighted by Crippen LogP contribution is 2.35. The van der Waals surface area contributed by atoms with Crippen LogP contribution in [0.1, 0.15) is 36.7 Å². The molecule has 23 heavy (non-hydrogen) atoms. The van der Waals surface area contributed by atoms with Gasteiger partial charge in [-0.05, 0) is 44.5 Å². The van der Waals surface area contributed by atoms with Crippen molar-refractivity contribution in [1.82, 2.24) is 5.32 Å². The maximum atomic E-state index is 6.16. The molecule has 2 heteroatoms. The molecule has 0 aliphatic carbocycles. The molecule has 0 amide bonds. The molecule has 0 aliphatic heterocycles. The van der Waals surface area contributed by atoms with Gasteiger partial charge in [-0.1, -0.05) is 54.8 Å². The third-order valence-electron chi connectivity index (χ3n) is 4.25. The van der Waals surface area contributed by atoms with Crippen LogP contribution >= 0.6 is 0 Å². The van der Waals surface area contributed by atoms with Crippen LogP contribution in [-0.4, -0.2) is 6.54 Å². The molecule has 3 aromatic rings. The lowest BCUT2D eigenvalue weighted by molar-refractivity contribution is 0.511. The van der Waals surface area contributed by atoms with Gasteiger partial charge in [0.1, 0.15) is 11.3 Å². The number of furan rings is 1. The van der Waals surface area contributed by atoms with Crippen molar-refractivity contribution in [2.24, 2.45) is 0 Å². The predicted octanol–water partition coefficient (Wildman–Crippen LogP) is 5.61. The summed E-state index contributed by atoms with van der Waals surface area (Å²) in [5.74, 6) is 1.03. The molecule has 2 nitrogen and oxygen atoms in total. The Labute approximate surface area is 138 Å². The Morgan fingerprint density at radius 1 is 0.957 bits per heavy atom. The maximum Gasteiger partial charge on any atom is 0.135 e. The van der Waals surface area contributed by atoms with Gasteiger partial charge in [-0.3, -0.25) is 0 Å². The normalized spacial score (nSPS) is 11.3. The minimum atomic E-state index is 0.775. The lowest BCUT2D eigenvalue weighted by Gasteiger charge is -2.06. The first-order valence-electron chi connectivity index (χ1n) is 8.49. The van der Waals surface area contributed by atoms with E-state index in [2.05, 4.69) is 68.6 Å². The average molecular weight is 307 g/mol. The van der Waals surface area contributed by atoms with Crippen molar-refractivity contribution < 1.29 is 4.42 Å². The molecule has 0 unspecified atom stereocenters. The van der Waals surface area contributed by atoms with Crippen LogP contribution in [0.4, 0.5) is 0 Å². The van der Waals surface area contributed by atoms with E-state index in [0.717, 1.165) is 24.4 Å². The van der Waals surface area contributed by atoms with Crippen LogP contribution in [-0.2, 0) is 6.54 Å². The fourth-order valence-electron chi connectivity index (χ4n) is 2.93. The number of nitrogens with one attached hydrogen (secondary N) is 1. The molecule has 0 saturated carbocycles. The fourth-order valence-corrected chi connectivity index (χ4v) is 2.93. The van der Waals surface area contributed by atoms with Crippen LogP contribution in [0.25, 0.3) is 22.1 Å². The topological polar surface area (TPSA) is 25.2 Å². The maximum absolute atomic E-state index is 6.16. The first-order valence-corrected chi connectivity index (χ1v) is 8.49. The molecule has 0 radical (unpaired) electrons. The zero-order valence-corrected chi connectivity index (χ0v) is 14.3. The first-order chi connectivity index (χ1) is 11.2. The van der Waals surface area contributed by atoms with Crippen LogP contribution in [0.15, 0.2) is 46.9 Å². The van der Waals surface area contributed by atoms with E-state index >= 15 is 0 Å². The van der Waals surface area contributed by atoms with Crippen LogP contribution < -0.4 is 5.32 Å². The molecule has 1 aromatic heterocycles. The van der Waals surface area contributed by atoms with Crippen LogP contribution in [0.5, 0.6) is 0 Å². The van der Waals surface area contributed by atoms with E-state index in [4.69, 9.17) is 4.42 Å². The summed E-state index contributed by atoms with van der Waals surface area (Å²) in [4.78, 5) is 0. The molecule has 120 valence electrons. The molecule has 0 aliphatic rings. The molecule has 0 bridgehead atoms. The second kappa shape index (κ2) is 7.01. The molecular formula is C21H25NO. The highest BCUT2D eigenvalue weighted by molar-refractivity contribution is 5.96. The smallest absolute Gasteiger partial charge is 0.135 e. The van der Waals surface area contributed by atoms with E-state index in [1.165, 1.54) is 40.5 Å². The fraction of sp³-hybridized carbons (Fsp3) is 0.333. The summed E-state index contributed by atoms with van der Waals surface area (Å²) in [6.45, 7) is 8.26. The molecule has 3 rings (SSSR count). The van der Waals surface area contributed by atoms with Crippen molar-refractivity contribution in [1.29, 1.82) is 0 Å². The Morgan fingerprint density at radius 3 is 2.43 bits per heavy atom. The third kappa shape index (κ3) is 3.48. The summed E-state index contributed by atoms with van der Waals surface area (Å²) >= 11 is 0. The summed E-state index contributed by atoms with van der Waals surface area (Å²) in [6.07, 6.45) is 2.40.